The van der Waals surface area contributed by atoms with Crippen LogP contribution in [0.1, 0.15) is 11.3 Å². The molecule has 0 atom stereocenters. The van der Waals surface area contributed by atoms with E-state index in [1.807, 2.05) is 7.05 Å². The van der Waals surface area contributed by atoms with Crippen LogP contribution in [0.3, 0.4) is 0 Å². The zero-order valence-electron chi connectivity index (χ0n) is 10.7. The summed E-state index contributed by atoms with van der Waals surface area (Å²) in [7, 11) is 1.97. The summed E-state index contributed by atoms with van der Waals surface area (Å²) in [6.45, 7) is 3.01. The fraction of sp³-hybridized carbons (Fsp3) is 0.200. The molecule has 0 fully saturated rings. The summed E-state index contributed by atoms with van der Waals surface area (Å²) in [4.78, 5) is 6.78. The topological polar surface area (TPSA) is 43.6 Å². The summed E-state index contributed by atoms with van der Waals surface area (Å²) in [5, 5.41) is 4.45. The summed E-state index contributed by atoms with van der Waals surface area (Å²) in [5.41, 5.74) is 6.13. The van der Waals surface area contributed by atoms with E-state index in [9.17, 15) is 0 Å². The SMILES string of the molecule is CNCc1cc(-c2c[nH]c3ccccc23)[nH]c1C. The van der Waals surface area contributed by atoms with Crippen molar-refractivity contribution in [3.8, 4) is 11.3 Å². The standard InChI is InChI=1S/C15H17N3/c1-10-11(8-16-2)7-15(18-10)13-9-17-14-6-4-3-5-12(13)14/h3-7,9,16-18H,8H2,1-2H3. The molecule has 0 saturated heterocycles. The second-order valence-electron chi connectivity index (χ2n) is 4.61. The molecule has 3 aromatic rings. The first-order valence-corrected chi connectivity index (χ1v) is 6.19. The highest BCUT2D eigenvalue weighted by Crippen LogP contribution is 2.29. The number of rotatable bonds is 3. The Morgan fingerprint density at radius 1 is 1.22 bits per heavy atom. The highest BCUT2D eigenvalue weighted by atomic mass is 14.8. The molecule has 0 aliphatic carbocycles. The van der Waals surface area contributed by atoms with Crippen molar-refractivity contribution in [2.45, 2.75) is 13.5 Å². The molecule has 0 bridgehead atoms. The van der Waals surface area contributed by atoms with Crippen molar-refractivity contribution in [3.05, 3.63) is 47.8 Å². The molecule has 0 radical (unpaired) electrons. The Morgan fingerprint density at radius 2 is 2.06 bits per heavy atom. The molecule has 0 aliphatic rings. The monoisotopic (exact) mass is 239 g/mol. The van der Waals surface area contributed by atoms with Gasteiger partial charge in [-0.05, 0) is 31.7 Å². The Morgan fingerprint density at radius 3 is 2.89 bits per heavy atom. The molecule has 18 heavy (non-hydrogen) atoms. The van der Waals surface area contributed by atoms with Gasteiger partial charge in [-0.2, -0.15) is 0 Å². The van der Waals surface area contributed by atoms with Crippen molar-refractivity contribution in [2.24, 2.45) is 0 Å². The van der Waals surface area contributed by atoms with Gasteiger partial charge < -0.3 is 15.3 Å². The number of aryl methyl sites for hydroxylation is 1. The van der Waals surface area contributed by atoms with E-state index in [4.69, 9.17) is 0 Å². The minimum atomic E-state index is 0.894. The summed E-state index contributed by atoms with van der Waals surface area (Å²) in [5.74, 6) is 0. The molecular weight excluding hydrogens is 222 g/mol. The molecule has 3 N–H and O–H groups in total. The molecular formula is C15H17N3. The zero-order chi connectivity index (χ0) is 12.5. The van der Waals surface area contributed by atoms with Gasteiger partial charge in [0.15, 0.2) is 0 Å². The van der Waals surface area contributed by atoms with Crippen LogP contribution in [0.4, 0.5) is 0 Å². The van der Waals surface area contributed by atoms with E-state index in [0.717, 1.165) is 6.54 Å². The second-order valence-corrected chi connectivity index (χ2v) is 4.61. The molecule has 92 valence electrons. The van der Waals surface area contributed by atoms with Crippen LogP contribution in [0.5, 0.6) is 0 Å². The number of hydrogen-bond donors (Lipinski definition) is 3. The third-order valence-electron chi connectivity index (χ3n) is 3.37. The lowest BCUT2D eigenvalue weighted by Gasteiger charge is -1.95. The summed E-state index contributed by atoms with van der Waals surface area (Å²) in [6, 6.07) is 10.6. The molecule has 3 nitrogen and oxygen atoms in total. The van der Waals surface area contributed by atoms with Gasteiger partial charge in [0.05, 0.1) is 0 Å². The van der Waals surface area contributed by atoms with Gasteiger partial charge in [-0.3, -0.25) is 0 Å². The first-order valence-electron chi connectivity index (χ1n) is 6.19. The first-order chi connectivity index (χ1) is 8.79. The fourth-order valence-electron chi connectivity index (χ4n) is 2.41. The Hall–Kier alpha value is -2.00. The number of aromatic nitrogens is 2. The summed E-state index contributed by atoms with van der Waals surface area (Å²) in [6.07, 6.45) is 2.07. The van der Waals surface area contributed by atoms with Gasteiger partial charge in [-0.15, -0.1) is 0 Å². The van der Waals surface area contributed by atoms with Gasteiger partial charge in [0, 0.05) is 40.6 Å². The van der Waals surface area contributed by atoms with Crippen LogP contribution in [0.25, 0.3) is 22.2 Å². The minimum absolute atomic E-state index is 0.894. The van der Waals surface area contributed by atoms with E-state index in [1.54, 1.807) is 0 Å². The number of nitrogens with one attached hydrogen (secondary N) is 3. The van der Waals surface area contributed by atoms with Gasteiger partial charge >= 0.3 is 0 Å². The molecule has 2 heterocycles. The van der Waals surface area contributed by atoms with Crippen molar-refractivity contribution in [3.63, 3.8) is 0 Å². The average molecular weight is 239 g/mol. The number of fused-ring (bicyclic) bond motifs is 1. The van der Waals surface area contributed by atoms with Crippen molar-refractivity contribution in [1.82, 2.24) is 15.3 Å². The molecule has 3 heteroatoms. The number of benzene rings is 1. The van der Waals surface area contributed by atoms with Crippen LogP contribution < -0.4 is 5.32 Å². The largest absolute Gasteiger partial charge is 0.360 e. The van der Waals surface area contributed by atoms with Gasteiger partial charge in [0.1, 0.15) is 0 Å². The van der Waals surface area contributed by atoms with Crippen LogP contribution in [0.15, 0.2) is 36.5 Å². The number of para-hydroxylation sites is 1. The molecule has 3 rings (SSSR count). The molecule has 0 unspecified atom stereocenters. The van der Waals surface area contributed by atoms with Crippen LogP contribution in [-0.2, 0) is 6.54 Å². The first kappa shape index (κ1) is 11.1. The van der Waals surface area contributed by atoms with Gasteiger partial charge in [-0.1, -0.05) is 18.2 Å². The van der Waals surface area contributed by atoms with Crippen molar-refractivity contribution < 1.29 is 0 Å². The van der Waals surface area contributed by atoms with Crippen molar-refractivity contribution >= 4 is 10.9 Å². The van der Waals surface area contributed by atoms with Crippen molar-refractivity contribution in [2.75, 3.05) is 7.05 Å². The Kier molecular flexibility index (Phi) is 2.68. The van der Waals surface area contributed by atoms with Crippen molar-refractivity contribution in [1.29, 1.82) is 0 Å². The number of H-pyrrole nitrogens is 2. The molecule has 0 spiro atoms. The van der Waals surface area contributed by atoms with Crippen LogP contribution in [0, 0.1) is 6.92 Å². The van der Waals surface area contributed by atoms with E-state index in [-0.39, 0.29) is 0 Å². The molecule has 0 aliphatic heterocycles. The van der Waals surface area contributed by atoms with Crippen LogP contribution in [0.2, 0.25) is 0 Å². The lowest BCUT2D eigenvalue weighted by molar-refractivity contribution is 0.812. The predicted molar refractivity (Wildman–Crippen MR) is 75.6 cm³/mol. The number of hydrogen-bond acceptors (Lipinski definition) is 1. The second kappa shape index (κ2) is 4.35. The Labute approximate surface area is 106 Å². The van der Waals surface area contributed by atoms with Crippen LogP contribution in [-0.4, -0.2) is 17.0 Å². The van der Waals surface area contributed by atoms with E-state index in [0.29, 0.717) is 0 Å². The van der Waals surface area contributed by atoms with Crippen LogP contribution >= 0.6 is 0 Å². The lowest BCUT2D eigenvalue weighted by Crippen LogP contribution is -2.04. The predicted octanol–water partition coefficient (Wildman–Crippen LogP) is 3.19. The normalized spacial score (nSPS) is 11.2. The summed E-state index contributed by atoms with van der Waals surface area (Å²) >= 11 is 0. The third-order valence-corrected chi connectivity index (χ3v) is 3.37. The van der Waals surface area contributed by atoms with Gasteiger partial charge in [-0.25, -0.2) is 0 Å². The maximum atomic E-state index is 3.46. The quantitative estimate of drug-likeness (QED) is 0.645. The number of aromatic amines is 2. The Balaban J connectivity index is 2.11. The van der Waals surface area contributed by atoms with E-state index < -0.39 is 0 Å². The molecule has 0 amide bonds. The highest BCUT2D eigenvalue weighted by molar-refractivity contribution is 5.94. The molecule has 2 aromatic heterocycles. The third kappa shape index (κ3) is 1.73. The Bertz CT molecular complexity index is 676. The average Bonchev–Trinajstić information content (AvgIpc) is 2.94. The summed E-state index contributed by atoms with van der Waals surface area (Å²) < 4.78 is 0. The molecule has 1 aromatic carbocycles. The maximum absolute atomic E-state index is 3.46. The maximum Gasteiger partial charge on any atom is 0.0480 e. The van der Waals surface area contributed by atoms with E-state index >= 15 is 0 Å². The lowest BCUT2D eigenvalue weighted by atomic mass is 10.1. The van der Waals surface area contributed by atoms with E-state index in [2.05, 4.69) is 58.7 Å². The fourth-order valence-corrected chi connectivity index (χ4v) is 2.41. The molecule has 0 saturated carbocycles. The highest BCUT2D eigenvalue weighted by Gasteiger charge is 2.09. The smallest absolute Gasteiger partial charge is 0.0480 e. The minimum Gasteiger partial charge on any atom is -0.360 e. The van der Waals surface area contributed by atoms with Gasteiger partial charge in [0.25, 0.3) is 0 Å². The zero-order valence-corrected chi connectivity index (χ0v) is 10.7. The van der Waals surface area contributed by atoms with E-state index in [1.165, 1.54) is 33.4 Å². The van der Waals surface area contributed by atoms with Gasteiger partial charge in [0.2, 0.25) is 0 Å².